The number of fused-ring (bicyclic) bond motifs is 1. The molecule has 1 aliphatic rings. The Morgan fingerprint density at radius 3 is 2.80 bits per heavy atom. The van der Waals surface area contributed by atoms with Gasteiger partial charge in [0.15, 0.2) is 11.3 Å². The maximum atomic E-state index is 13.8. The summed E-state index contributed by atoms with van der Waals surface area (Å²) in [6.45, 7) is 1.93. The number of hydrogen-bond donors (Lipinski definition) is 1. The van der Waals surface area contributed by atoms with Crippen LogP contribution in [0.5, 0.6) is 0 Å². The normalized spacial score (nSPS) is 13.3. The summed E-state index contributed by atoms with van der Waals surface area (Å²) in [6.07, 6.45) is 4.26. The van der Waals surface area contributed by atoms with Crippen LogP contribution in [-0.2, 0) is 0 Å². The minimum atomic E-state index is -0.532. The topological polar surface area (TPSA) is 75.4 Å². The van der Waals surface area contributed by atoms with Gasteiger partial charge in [-0.25, -0.2) is 18.9 Å². The third-order valence-corrected chi connectivity index (χ3v) is 5.39. The Balaban J connectivity index is 1.47. The fraction of sp³-hybridized carbons (Fsp3) is 0.143. The van der Waals surface area contributed by atoms with Gasteiger partial charge in [0.25, 0.3) is 5.91 Å². The standard InChI is InChI=1S/C21H16ClFN6O/c22-20-14(3-1-4-15(20)23)16-5-6-18-25-12-17(29(18)27-16)21(30)26-13-7-8-24-19(11-13)28-9-2-10-28/h1,3-8,11-12H,2,9-10H2,(H,24,26,30). The third-order valence-electron chi connectivity index (χ3n) is 5.01. The molecule has 4 aromatic rings. The van der Waals surface area contributed by atoms with E-state index in [0.29, 0.717) is 22.6 Å². The van der Waals surface area contributed by atoms with Crippen molar-refractivity contribution < 1.29 is 9.18 Å². The number of aromatic nitrogens is 4. The highest BCUT2D eigenvalue weighted by Crippen LogP contribution is 2.29. The predicted molar refractivity (Wildman–Crippen MR) is 112 cm³/mol. The highest BCUT2D eigenvalue weighted by Gasteiger charge is 2.18. The maximum absolute atomic E-state index is 13.8. The summed E-state index contributed by atoms with van der Waals surface area (Å²) in [6, 6.07) is 11.5. The molecule has 5 rings (SSSR count). The molecule has 30 heavy (non-hydrogen) atoms. The number of hydrogen-bond acceptors (Lipinski definition) is 5. The van der Waals surface area contributed by atoms with Gasteiger partial charge in [-0.3, -0.25) is 4.79 Å². The molecule has 1 N–H and O–H groups in total. The average Bonchev–Trinajstić information content (AvgIpc) is 3.12. The number of carbonyl (C=O) groups excluding carboxylic acids is 1. The number of pyridine rings is 1. The van der Waals surface area contributed by atoms with Gasteiger partial charge in [0, 0.05) is 36.6 Å². The molecule has 0 aliphatic carbocycles. The summed E-state index contributed by atoms with van der Waals surface area (Å²) in [4.78, 5) is 23.6. The van der Waals surface area contributed by atoms with Crippen LogP contribution in [0.4, 0.5) is 15.9 Å². The van der Waals surface area contributed by atoms with Crippen LogP contribution in [-0.4, -0.2) is 38.6 Å². The second-order valence-electron chi connectivity index (χ2n) is 6.93. The van der Waals surface area contributed by atoms with Crippen LogP contribution in [0.2, 0.25) is 5.02 Å². The molecule has 150 valence electrons. The molecule has 3 aromatic heterocycles. The van der Waals surface area contributed by atoms with E-state index in [1.807, 2.05) is 6.07 Å². The molecule has 1 aromatic carbocycles. The van der Waals surface area contributed by atoms with Crippen LogP contribution >= 0.6 is 11.6 Å². The van der Waals surface area contributed by atoms with Gasteiger partial charge in [0.2, 0.25) is 0 Å². The monoisotopic (exact) mass is 422 g/mol. The Labute approximate surface area is 176 Å². The van der Waals surface area contributed by atoms with Crippen LogP contribution in [0, 0.1) is 5.82 Å². The first kappa shape index (κ1) is 18.5. The fourth-order valence-corrected chi connectivity index (χ4v) is 3.51. The number of benzene rings is 1. The van der Waals surface area contributed by atoms with Crippen LogP contribution in [0.15, 0.2) is 54.9 Å². The zero-order valence-electron chi connectivity index (χ0n) is 15.7. The van der Waals surface area contributed by atoms with Gasteiger partial charge in [0.05, 0.1) is 16.9 Å². The minimum absolute atomic E-state index is 0.0224. The summed E-state index contributed by atoms with van der Waals surface area (Å²) >= 11 is 6.09. The van der Waals surface area contributed by atoms with Crippen molar-refractivity contribution in [1.82, 2.24) is 19.6 Å². The van der Waals surface area contributed by atoms with E-state index >= 15 is 0 Å². The second kappa shape index (κ2) is 7.38. The molecule has 1 saturated heterocycles. The average molecular weight is 423 g/mol. The zero-order chi connectivity index (χ0) is 20.7. The first-order chi connectivity index (χ1) is 14.6. The molecule has 0 unspecified atom stereocenters. The molecule has 7 nitrogen and oxygen atoms in total. The summed E-state index contributed by atoms with van der Waals surface area (Å²) in [5.74, 6) is -0.0630. The molecule has 0 spiro atoms. The second-order valence-corrected chi connectivity index (χ2v) is 7.31. The van der Waals surface area contributed by atoms with Crippen LogP contribution < -0.4 is 10.2 Å². The molecule has 0 bridgehead atoms. The Kier molecular flexibility index (Phi) is 4.55. The van der Waals surface area contributed by atoms with Crippen LogP contribution in [0.3, 0.4) is 0 Å². The van der Waals surface area contributed by atoms with Crippen molar-refractivity contribution in [1.29, 1.82) is 0 Å². The van der Waals surface area contributed by atoms with E-state index in [1.165, 1.54) is 16.8 Å². The van der Waals surface area contributed by atoms with Crippen molar-refractivity contribution in [2.45, 2.75) is 6.42 Å². The van der Waals surface area contributed by atoms with Gasteiger partial charge >= 0.3 is 0 Å². The first-order valence-corrected chi connectivity index (χ1v) is 9.79. The van der Waals surface area contributed by atoms with Crippen molar-refractivity contribution in [2.24, 2.45) is 0 Å². The van der Waals surface area contributed by atoms with Crippen molar-refractivity contribution in [3.8, 4) is 11.3 Å². The smallest absolute Gasteiger partial charge is 0.276 e. The summed E-state index contributed by atoms with van der Waals surface area (Å²) in [5, 5.41) is 7.30. The number of nitrogens with one attached hydrogen (secondary N) is 1. The molecular formula is C21H16ClFN6O. The lowest BCUT2D eigenvalue weighted by atomic mass is 10.1. The molecule has 0 radical (unpaired) electrons. The predicted octanol–water partition coefficient (Wildman–Crippen LogP) is 4.05. The minimum Gasteiger partial charge on any atom is -0.356 e. The molecule has 9 heteroatoms. The van der Waals surface area contributed by atoms with E-state index < -0.39 is 5.82 Å². The SMILES string of the molecule is O=C(Nc1ccnc(N2CCC2)c1)c1cnc2ccc(-c3cccc(F)c3Cl)nn12. The third kappa shape index (κ3) is 3.25. The Morgan fingerprint density at radius 2 is 2.00 bits per heavy atom. The van der Waals surface area contributed by atoms with E-state index in [9.17, 15) is 9.18 Å². The summed E-state index contributed by atoms with van der Waals surface area (Å²) < 4.78 is 15.3. The Bertz CT molecular complexity index is 1270. The van der Waals surface area contributed by atoms with Crippen LogP contribution in [0.25, 0.3) is 16.9 Å². The Morgan fingerprint density at radius 1 is 1.13 bits per heavy atom. The van der Waals surface area contributed by atoms with E-state index in [2.05, 4.69) is 25.3 Å². The van der Waals surface area contributed by atoms with Gasteiger partial charge in [-0.2, -0.15) is 5.10 Å². The molecule has 0 atom stereocenters. The number of halogens is 2. The van der Waals surface area contributed by atoms with E-state index in [-0.39, 0.29) is 16.6 Å². The number of nitrogens with zero attached hydrogens (tertiary/aromatic N) is 5. The quantitative estimate of drug-likeness (QED) is 0.537. The van der Waals surface area contributed by atoms with Crippen molar-refractivity contribution >= 4 is 34.7 Å². The highest BCUT2D eigenvalue weighted by atomic mass is 35.5. The lowest BCUT2D eigenvalue weighted by Crippen LogP contribution is -2.37. The maximum Gasteiger partial charge on any atom is 0.276 e. The summed E-state index contributed by atoms with van der Waals surface area (Å²) in [5.41, 5.74) is 2.25. The van der Waals surface area contributed by atoms with Crippen LogP contribution in [0.1, 0.15) is 16.9 Å². The summed E-state index contributed by atoms with van der Waals surface area (Å²) in [7, 11) is 0. The lowest BCUT2D eigenvalue weighted by molar-refractivity contribution is 0.102. The van der Waals surface area contributed by atoms with Crippen molar-refractivity contribution in [3.63, 3.8) is 0 Å². The molecule has 0 saturated carbocycles. The fourth-order valence-electron chi connectivity index (χ4n) is 3.28. The van der Waals surface area contributed by atoms with Gasteiger partial charge < -0.3 is 10.2 Å². The zero-order valence-corrected chi connectivity index (χ0v) is 16.5. The largest absolute Gasteiger partial charge is 0.356 e. The van der Waals surface area contributed by atoms with Gasteiger partial charge in [-0.1, -0.05) is 23.7 Å². The van der Waals surface area contributed by atoms with Gasteiger partial charge in [-0.05, 0) is 30.7 Å². The number of rotatable bonds is 4. The molecule has 1 fully saturated rings. The lowest BCUT2D eigenvalue weighted by Gasteiger charge is -2.32. The van der Waals surface area contributed by atoms with E-state index in [0.717, 1.165) is 25.3 Å². The molecule has 1 amide bonds. The number of imidazole rings is 1. The van der Waals surface area contributed by atoms with E-state index in [4.69, 9.17) is 11.6 Å². The number of carbonyl (C=O) groups is 1. The first-order valence-electron chi connectivity index (χ1n) is 9.42. The van der Waals surface area contributed by atoms with Crippen molar-refractivity contribution in [2.75, 3.05) is 23.3 Å². The number of amides is 1. The van der Waals surface area contributed by atoms with Gasteiger partial charge in [-0.15, -0.1) is 0 Å². The highest BCUT2D eigenvalue weighted by molar-refractivity contribution is 6.33. The van der Waals surface area contributed by atoms with Crippen molar-refractivity contribution in [3.05, 3.63) is 71.4 Å². The molecule has 4 heterocycles. The number of anilines is 2. The Hall–Kier alpha value is -3.52. The van der Waals surface area contributed by atoms with Gasteiger partial charge in [0.1, 0.15) is 11.6 Å². The molecular weight excluding hydrogens is 407 g/mol. The van der Waals surface area contributed by atoms with E-state index in [1.54, 1.807) is 36.5 Å². The molecule has 1 aliphatic heterocycles.